The lowest BCUT2D eigenvalue weighted by atomic mass is 10.1. The van der Waals surface area contributed by atoms with E-state index in [4.69, 9.17) is 17.3 Å². The first kappa shape index (κ1) is 24.6. The van der Waals surface area contributed by atoms with Crippen LogP contribution in [0.2, 0.25) is 5.02 Å². The number of benzene rings is 1. The third-order valence-electron chi connectivity index (χ3n) is 5.65. The molecule has 11 heteroatoms. The normalized spacial score (nSPS) is 11.6. The van der Waals surface area contributed by atoms with Crippen molar-refractivity contribution >= 4 is 38.2 Å². The second-order valence-electron chi connectivity index (χ2n) is 8.44. The van der Waals surface area contributed by atoms with Crippen molar-refractivity contribution in [1.82, 2.24) is 25.1 Å². The molecule has 0 saturated heterocycles. The topological polar surface area (TPSA) is 140 Å². The summed E-state index contributed by atoms with van der Waals surface area (Å²) in [6.07, 6.45) is 4.36. The van der Waals surface area contributed by atoms with Crippen LogP contribution in [0.3, 0.4) is 0 Å². The minimum Gasteiger partial charge on any atom is -0.384 e. The lowest BCUT2D eigenvalue weighted by Crippen LogP contribution is -2.15. The summed E-state index contributed by atoms with van der Waals surface area (Å²) in [6, 6.07) is 9.05. The molecule has 0 aliphatic carbocycles. The molecule has 0 saturated carbocycles. The predicted molar refractivity (Wildman–Crippen MR) is 135 cm³/mol. The number of aromatic nitrogens is 4. The number of rotatable bonds is 7. The van der Waals surface area contributed by atoms with Gasteiger partial charge in [0.1, 0.15) is 11.9 Å². The number of halogens is 1. The van der Waals surface area contributed by atoms with E-state index in [0.29, 0.717) is 46.1 Å². The Bertz CT molecular complexity index is 1570. The molecule has 3 heterocycles. The van der Waals surface area contributed by atoms with Crippen LogP contribution in [0.15, 0.2) is 41.6 Å². The molecule has 180 valence electrons. The molecular formula is C24H24ClN7O2S. The fourth-order valence-electron chi connectivity index (χ4n) is 4.05. The molecule has 0 radical (unpaired) electrons. The number of pyridine rings is 2. The van der Waals surface area contributed by atoms with Gasteiger partial charge in [0.15, 0.2) is 15.5 Å². The average Bonchev–Trinajstić information content (AvgIpc) is 3.15. The van der Waals surface area contributed by atoms with Crippen LogP contribution in [0.1, 0.15) is 33.6 Å². The fourth-order valence-corrected chi connectivity index (χ4v) is 5.11. The zero-order chi connectivity index (χ0) is 25.3. The maximum Gasteiger partial charge on any atom is 0.177 e. The van der Waals surface area contributed by atoms with E-state index in [2.05, 4.69) is 26.5 Å². The molecule has 1 aromatic carbocycles. The summed E-state index contributed by atoms with van der Waals surface area (Å²) >= 11 is 6.08. The second-order valence-corrected chi connectivity index (χ2v) is 10.9. The number of nitrogens with two attached hydrogens (primary N) is 1. The van der Waals surface area contributed by atoms with Gasteiger partial charge in [-0.3, -0.25) is 9.67 Å². The summed E-state index contributed by atoms with van der Waals surface area (Å²) in [5.74, 6) is 0.488. The van der Waals surface area contributed by atoms with E-state index >= 15 is 0 Å². The number of aryl methyl sites for hydroxylation is 2. The van der Waals surface area contributed by atoms with Crippen LogP contribution in [-0.4, -0.2) is 34.4 Å². The summed E-state index contributed by atoms with van der Waals surface area (Å²) in [5, 5.41) is 18.3. The molecule has 0 amide bonds. The number of nitriles is 1. The van der Waals surface area contributed by atoms with E-state index in [9.17, 15) is 13.7 Å². The zero-order valence-electron chi connectivity index (χ0n) is 19.5. The van der Waals surface area contributed by atoms with Gasteiger partial charge in [0, 0.05) is 48.4 Å². The van der Waals surface area contributed by atoms with Gasteiger partial charge in [-0.2, -0.15) is 10.4 Å². The van der Waals surface area contributed by atoms with Crippen molar-refractivity contribution in [3.63, 3.8) is 0 Å². The van der Waals surface area contributed by atoms with Crippen LogP contribution in [0, 0.1) is 25.2 Å². The van der Waals surface area contributed by atoms with Crippen LogP contribution in [-0.2, 0) is 29.5 Å². The molecule has 0 aliphatic heterocycles. The molecule has 0 atom stereocenters. The average molecular weight is 510 g/mol. The first-order valence-corrected chi connectivity index (χ1v) is 13.0. The molecule has 0 bridgehead atoms. The Morgan fingerprint density at radius 3 is 2.66 bits per heavy atom. The first-order valence-electron chi connectivity index (χ1n) is 10.7. The van der Waals surface area contributed by atoms with Crippen molar-refractivity contribution in [3.8, 4) is 6.07 Å². The standard InChI is InChI=1S/C24H24ClN7O2S/c1-14-4-23(27)30-15(2)20(14)11-28-9-18-13-32(31-21(18)8-26)12-16-5-17-7-19(25)10-29-24(17)22(6-16)35(3,33)34/h4-7,10,13,28H,9,11-12H2,1-3H3,(H2,27,30). The highest BCUT2D eigenvalue weighted by Crippen LogP contribution is 2.26. The van der Waals surface area contributed by atoms with Crippen LogP contribution >= 0.6 is 11.6 Å². The van der Waals surface area contributed by atoms with Gasteiger partial charge < -0.3 is 11.1 Å². The van der Waals surface area contributed by atoms with Crippen molar-refractivity contribution in [2.24, 2.45) is 0 Å². The molecule has 0 fully saturated rings. The quantitative estimate of drug-likeness (QED) is 0.386. The van der Waals surface area contributed by atoms with Crippen molar-refractivity contribution < 1.29 is 8.42 Å². The van der Waals surface area contributed by atoms with Crippen molar-refractivity contribution in [1.29, 1.82) is 5.26 Å². The van der Waals surface area contributed by atoms with Gasteiger partial charge in [0.2, 0.25) is 0 Å². The summed E-state index contributed by atoms with van der Waals surface area (Å²) in [7, 11) is -3.52. The molecule has 3 N–H and O–H groups in total. The summed E-state index contributed by atoms with van der Waals surface area (Å²) < 4.78 is 26.4. The lowest BCUT2D eigenvalue weighted by Gasteiger charge is -2.11. The highest BCUT2D eigenvalue weighted by molar-refractivity contribution is 7.91. The minimum absolute atomic E-state index is 0.124. The summed E-state index contributed by atoms with van der Waals surface area (Å²) in [6.45, 7) is 5.17. The number of nitrogens with zero attached hydrogens (tertiary/aromatic N) is 5. The Kier molecular flexibility index (Phi) is 6.76. The Labute approximate surface area is 208 Å². The van der Waals surface area contributed by atoms with Crippen molar-refractivity contribution in [2.45, 2.75) is 38.4 Å². The molecule has 4 aromatic rings. The van der Waals surface area contributed by atoms with Gasteiger partial charge in [0.05, 0.1) is 22.0 Å². The third-order valence-corrected chi connectivity index (χ3v) is 6.97. The fraction of sp³-hybridized carbons (Fsp3) is 0.250. The second kappa shape index (κ2) is 9.62. The minimum atomic E-state index is -3.52. The number of hydrogen-bond donors (Lipinski definition) is 2. The molecule has 3 aromatic heterocycles. The number of nitrogen functional groups attached to an aromatic ring is 1. The summed E-state index contributed by atoms with van der Waals surface area (Å²) in [4.78, 5) is 8.64. The monoisotopic (exact) mass is 509 g/mol. The van der Waals surface area contributed by atoms with Gasteiger partial charge in [-0.05, 0) is 54.8 Å². The number of anilines is 1. The Morgan fingerprint density at radius 1 is 1.20 bits per heavy atom. The van der Waals surface area contributed by atoms with E-state index in [1.54, 1.807) is 23.0 Å². The van der Waals surface area contributed by atoms with Gasteiger partial charge in [0.25, 0.3) is 0 Å². The molecule has 4 rings (SSSR count). The van der Waals surface area contributed by atoms with E-state index < -0.39 is 9.84 Å². The van der Waals surface area contributed by atoms with Gasteiger partial charge in [-0.1, -0.05) is 11.6 Å². The van der Waals surface area contributed by atoms with Crippen molar-refractivity contribution in [3.05, 3.63) is 75.3 Å². The predicted octanol–water partition coefficient (Wildman–Crippen LogP) is 3.29. The Morgan fingerprint density at radius 2 is 1.97 bits per heavy atom. The van der Waals surface area contributed by atoms with Crippen LogP contribution < -0.4 is 11.1 Å². The SMILES string of the molecule is Cc1cc(N)nc(C)c1CNCc1cn(Cc2cc(S(C)(=O)=O)c3ncc(Cl)cc3c2)nc1C#N. The van der Waals surface area contributed by atoms with Crippen LogP contribution in [0.5, 0.6) is 0 Å². The Balaban J connectivity index is 1.58. The number of hydrogen-bond acceptors (Lipinski definition) is 8. The molecule has 0 unspecified atom stereocenters. The highest BCUT2D eigenvalue weighted by atomic mass is 35.5. The number of sulfone groups is 1. The largest absolute Gasteiger partial charge is 0.384 e. The van der Waals surface area contributed by atoms with E-state index in [-0.39, 0.29) is 11.4 Å². The Hall–Kier alpha value is -3.52. The molecular weight excluding hydrogens is 486 g/mol. The van der Waals surface area contributed by atoms with Crippen LogP contribution in [0.25, 0.3) is 10.9 Å². The van der Waals surface area contributed by atoms with Gasteiger partial charge in [-0.25, -0.2) is 13.4 Å². The van der Waals surface area contributed by atoms with Crippen molar-refractivity contribution in [2.75, 3.05) is 12.0 Å². The maximum atomic E-state index is 12.4. The maximum absolute atomic E-state index is 12.4. The summed E-state index contributed by atoms with van der Waals surface area (Å²) in [5.41, 5.74) is 10.9. The smallest absolute Gasteiger partial charge is 0.177 e. The van der Waals surface area contributed by atoms with Crippen LogP contribution in [0.4, 0.5) is 5.82 Å². The highest BCUT2D eigenvalue weighted by Gasteiger charge is 2.17. The van der Waals surface area contributed by atoms with E-state index in [0.717, 1.165) is 28.6 Å². The van der Waals surface area contributed by atoms with E-state index in [1.165, 1.54) is 6.20 Å². The molecule has 35 heavy (non-hydrogen) atoms. The van der Waals surface area contributed by atoms with Gasteiger partial charge in [-0.15, -0.1) is 0 Å². The molecule has 0 spiro atoms. The molecule has 9 nitrogen and oxygen atoms in total. The van der Waals surface area contributed by atoms with E-state index in [1.807, 2.05) is 26.0 Å². The molecule has 0 aliphatic rings. The zero-order valence-corrected chi connectivity index (χ0v) is 21.1. The van der Waals surface area contributed by atoms with Gasteiger partial charge >= 0.3 is 0 Å². The third kappa shape index (κ3) is 5.43. The lowest BCUT2D eigenvalue weighted by molar-refractivity contribution is 0.602. The first-order chi connectivity index (χ1) is 16.5. The number of nitrogens with one attached hydrogen (secondary N) is 1. The number of fused-ring (bicyclic) bond motifs is 1.